The van der Waals surface area contributed by atoms with Crippen molar-refractivity contribution in [2.45, 2.75) is 46.2 Å². The molecule has 2 N–H and O–H groups in total. The number of nitrogens with two attached hydrogens (primary N) is 1. The normalized spacial score (nSPS) is 16.8. The number of carbonyl (C=O) groups is 1. The minimum absolute atomic E-state index is 0.148. The van der Waals surface area contributed by atoms with Gasteiger partial charge in [-0.15, -0.1) is 0 Å². The molecule has 0 spiro atoms. The third kappa shape index (κ3) is 4.27. The molecule has 3 heterocycles. The summed E-state index contributed by atoms with van der Waals surface area (Å²) in [5.41, 5.74) is 7.89. The van der Waals surface area contributed by atoms with Crippen molar-refractivity contribution in [3.05, 3.63) is 35.3 Å². The fourth-order valence-corrected chi connectivity index (χ4v) is 3.39. The molecule has 0 bridgehead atoms. The summed E-state index contributed by atoms with van der Waals surface area (Å²) in [6.07, 6.45) is 5.53. The maximum Gasteiger partial charge on any atom is 0.291 e. The average molecular weight is 371 g/mol. The van der Waals surface area contributed by atoms with Crippen LogP contribution in [0.1, 0.15) is 40.5 Å². The summed E-state index contributed by atoms with van der Waals surface area (Å²) in [6.45, 7) is 9.00. The molecule has 2 aromatic heterocycles. The summed E-state index contributed by atoms with van der Waals surface area (Å²) >= 11 is 0. The largest absolute Gasteiger partial charge is 0.355 e. The monoisotopic (exact) mass is 371 g/mol. The first-order valence-electron chi connectivity index (χ1n) is 9.45. The van der Waals surface area contributed by atoms with Crippen LogP contribution in [0.15, 0.2) is 12.4 Å². The molecule has 0 aromatic carbocycles. The topological polar surface area (TPSA) is 93.2 Å². The molecular formula is C19H29N7O. The van der Waals surface area contributed by atoms with Gasteiger partial charge in [0.15, 0.2) is 0 Å². The van der Waals surface area contributed by atoms with Gasteiger partial charge in [0, 0.05) is 62.9 Å². The molecule has 0 unspecified atom stereocenters. The minimum Gasteiger partial charge on any atom is -0.355 e. The first kappa shape index (κ1) is 19.3. The molecule has 1 fully saturated rings. The van der Waals surface area contributed by atoms with E-state index in [0.29, 0.717) is 6.54 Å². The van der Waals surface area contributed by atoms with Crippen molar-refractivity contribution >= 4 is 11.7 Å². The van der Waals surface area contributed by atoms with Crippen LogP contribution < -0.4 is 10.6 Å². The molecule has 27 heavy (non-hydrogen) atoms. The number of amides is 1. The second-order valence-electron chi connectivity index (χ2n) is 7.32. The lowest BCUT2D eigenvalue weighted by Crippen LogP contribution is -2.32. The fraction of sp³-hybridized carbons (Fsp3) is 0.579. The molecule has 0 aliphatic carbocycles. The van der Waals surface area contributed by atoms with Crippen LogP contribution in [0.3, 0.4) is 0 Å². The van der Waals surface area contributed by atoms with Gasteiger partial charge in [0.05, 0.1) is 0 Å². The summed E-state index contributed by atoms with van der Waals surface area (Å²) in [4.78, 5) is 29.9. The molecule has 8 heteroatoms. The quantitative estimate of drug-likeness (QED) is 0.823. The van der Waals surface area contributed by atoms with Crippen molar-refractivity contribution in [2.75, 3.05) is 31.6 Å². The van der Waals surface area contributed by atoms with Crippen LogP contribution in [0.2, 0.25) is 0 Å². The Balaban J connectivity index is 1.68. The Hall–Kier alpha value is -2.48. The smallest absolute Gasteiger partial charge is 0.291 e. The number of imidazole rings is 1. The molecule has 1 aliphatic rings. The predicted octanol–water partition coefficient (Wildman–Crippen LogP) is 1.30. The van der Waals surface area contributed by atoms with Crippen LogP contribution in [0.25, 0.3) is 0 Å². The third-order valence-electron chi connectivity index (χ3n) is 5.24. The van der Waals surface area contributed by atoms with E-state index in [1.165, 1.54) is 0 Å². The van der Waals surface area contributed by atoms with Gasteiger partial charge < -0.3 is 20.1 Å². The number of carbonyl (C=O) groups excluding carboxylic acids is 1. The molecule has 1 amide bonds. The Kier molecular flexibility index (Phi) is 5.74. The van der Waals surface area contributed by atoms with Crippen LogP contribution in [0.5, 0.6) is 0 Å². The van der Waals surface area contributed by atoms with Crippen molar-refractivity contribution in [3.63, 3.8) is 0 Å². The predicted molar refractivity (Wildman–Crippen MR) is 105 cm³/mol. The zero-order chi connectivity index (χ0) is 19.6. The maximum absolute atomic E-state index is 12.8. The van der Waals surface area contributed by atoms with E-state index < -0.39 is 0 Å². The number of nitrogens with zero attached hydrogens (tertiary/aromatic N) is 6. The average Bonchev–Trinajstić information content (AvgIpc) is 3.25. The standard InChI is InChI=1S/C19H29N7O/c1-13-14(2)22-17(23-18(13)26-10-6-16(20)12-26)19(27)24(4)8-5-9-25-11-7-21-15(25)3/h7,11,16H,5-6,8-10,12,20H2,1-4H3/t16-/m1/s1. The lowest BCUT2D eigenvalue weighted by molar-refractivity contribution is 0.0779. The summed E-state index contributed by atoms with van der Waals surface area (Å²) in [5, 5.41) is 0. The summed E-state index contributed by atoms with van der Waals surface area (Å²) in [5.74, 6) is 1.93. The second kappa shape index (κ2) is 8.04. The van der Waals surface area contributed by atoms with Crippen molar-refractivity contribution < 1.29 is 4.79 Å². The van der Waals surface area contributed by atoms with Gasteiger partial charge in [0.25, 0.3) is 5.91 Å². The highest BCUT2D eigenvalue weighted by atomic mass is 16.2. The molecule has 0 radical (unpaired) electrons. The van der Waals surface area contributed by atoms with Gasteiger partial charge in [-0.25, -0.2) is 15.0 Å². The van der Waals surface area contributed by atoms with Gasteiger partial charge in [-0.3, -0.25) is 4.79 Å². The summed E-state index contributed by atoms with van der Waals surface area (Å²) in [6, 6.07) is 0.160. The SMILES string of the molecule is Cc1nc(C(=O)N(C)CCCn2ccnc2C)nc(N2CC[C@@H](N)C2)c1C. The van der Waals surface area contributed by atoms with E-state index in [0.717, 1.165) is 55.4 Å². The summed E-state index contributed by atoms with van der Waals surface area (Å²) in [7, 11) is 1.80. The second-order valence-corrected chi connectivity index (χ2v) is 7.32. The number of hydrogen-bond donors (Lipinski definition) is 1. The number of aryl methyl sites for hydroxylation is 3. The Bertz CT molecular complexity index is 816. The first-order chi connectivity index (χ1) is 12.9. The molecule has 1 aliphatic heterocycles. The van der Waals surface area contributed by atoms with Gasteiger partial charge in [-0.2, -0.15) is 0 Å². The van der Waals surface area contributed by atoms with Gasteiger partial charge in [-0.05, 0) is 33.6 Å². The van der Waals surface area contributed by atoms with Crippen molar-refractivity contribution in [1.82, 2.24) is 24.4 Å². The first-order valence-corrected chi connectivity index (χ1v) is 9.45. The van der Waals surface area contributed by atoms with E-state index in [4.69, 9.17) is 5.73 Å². The number of hydrogen-bond acceptors (Lipinski definition) is 6. The lowest BCUT2D eigenvalue weighted by atomic mass is 10.2. The van der Waals surface area contributed by atoms with E-state index in [2.05, 4.69) is 24.4 Å². The Labute approximate surface area is 160 Å². The van der Waals surface area contributed by atoms with Gasteiger partial charge >= 0.3 is 0 Å². The van der Waals surface area contributed by atoms with E-state index in [9.17, 15) is 4.79 Å². The molecule has 0 saturated carbocycles. The highest BCUT2D eigenvalue weighted by Crippen LogP contribution is 2.23. The van der Waals surface area contributed by atoms with E-state index in [1.54, 1.807) is 18.1 Å². The highest BCUT2D eigenvalue weighted by Gasteiger charge is 2.25. The molecular weight excluding hydrogens is 342 g/mol. The Morgan fingerprint density at radius 2 is 2.11 bits per heavy atom. The van der Waals surface area contributed by atoms with Crippen LogP contribution in [-0.2, 0) is 6.54 Å². The highest BCUT2D eigenvalue weighted by molar-refractivity contribution is 5.90. The fourth-order valence-electron chi connectivity index (χ4n) is 3.39. The molecule has 1 atom stereocenters. The number of rotatable bonds is 6. The van der Waals surface area contributed by atoms with Crippen LogP contribution >= 0.6 is 0 Å². The number of aromatic nitrogens is 4. The van der Waals surface area contributed by atoms with E-state index >= 15 is 0 Å². The zero-order valence-corrected chi connectivity index (χ0v) is 16.6. The number of anilines is 1. The van der Waals surface area contributed by atoms with E-state index in [1.807, 2.05) is 27.0 Å². The van der Waals surface area contributed by atoms with Gasteiger partial charge in [0.2, 0.25) is 5.82 Å². The molecule has 146 valence electrons. The molecule has 1 saturated heterocycles. The maximum atomic E-state index is 12.8. The Morgan fingerprint density at radius 3 is 2.74 bits per heavy atom. The summed E-state index contributed by atoms with van der Waals surface area (Å²) < 4.78 is 2.08. The van der Waals surface area contributed by atoms with Gasteiger partial charge in [-0.1, -0.05) is 0 Å². The van der Waals surface area contributed by atoms with Crippen LogP contribution in [-0.4, -0.2) is 63.0 Å². The van der Waals surface area contributed by atoms with E-state index in [-0.39, 0.29) is 17.8 Å². The Morgan fingerprint density at radius 1 is 1.33 bits per heavy atom. The molecule has 8 nitrogen and oxygen atoms in total. The van der Waals surface area contributed by atoms with Crippen molar-refractivity contribution in [3.8, 4) is 0 Å². The molecule has 3 rings (SSSR count). The van der Waals surface area contributed by atoms with Gasteiger partial charge in [0.1, 0.15) is 11.6 Å². The minimum atomic E-state index is -0.148. The van der Waals surface area contributed by atoms with Crippen LogP contribution in [0, 0.1) is 20.8 Å². The van der Waals surface area contributed by atoms with Crippen molar-refractivity contribution in [1.29, 1.82) is 0 Å². The van der Waals surface area contributed by atoms with Crippen molar-refractivity contribution in [2.24, 2.45) is 5.73 Å². The lowest BCUT2D eigenvalue weighted by Gasteiger charge is -2.22. The third-order valence-corrected chi connectivity index (χ3v) is 5.24. The zero-order valence-electron chi connectivity index (χ0n) is 16.6. The molecule has 2 aromatic rings. The van der Waals surface area contributed by atoms with Crippen LogP contribution in [0.4, 0.5) is 5.82 Å².